The molecular formula is C28H29ClN2O3. The molecule has 2 aliphatic heterocycles. The van der Waals surface area contributed by atoms with Crippen molar-refractivity contribution in [2.75, 3.05) is 26.7 Å². The molecule has 1 fully saturated rings. The Morgan fingerprint density at radius 3 is 2.68 bits per heavy atom. The summed E-state index contributed by atoms with van der Waals surface area (Å²) in [6.07, 6.45) is 7.14. The summed E-state index contributed by atoms with van der Waals surface area (Å²) in [7, 11) is 1.69. The lowest BCUT2D eigenvalue weighted by molar-refractivity contribution is -0.0254. The maximum absolute atomic E-state index is 11.1. The SMILES string of the molecule is COc1cccc2c1C/C(=C/CCN1CCC(O)(c3ccc(Cl)cc3)CC1)c1cccnc1O2. The third kappa shape index (κ3) is 4.69. The normalized spacial score (nSPS) is 18.5. The van der Waals surface area contributed by atoms with E-state index >= 15 is 0 Å². The number of methoxy groups -OCH3 is 1. The largest absolute Gasteiger partial charge is 0.496 e. The Kier molecular flexibility index (Phi) is 6.59. The molecule has 0 amide bonds. The number of aliphatic hydroxyl groups is 1. The first-order valence-corrected chi connectivity index (χ1v) is 12.1. The molecule has 1 aromatic heterocycles. The number of hydrogen-bond acceptors (Lipinski definition) is 5. The standard InChI is InChI=1S/C28H29ClN2O3/c1-33-25-7-2-8-26-24(25)19-20(23-6-3-15-30-27(23)34-26)5-4-16-31-17-13-28(32,14-18-31)21-9-11-22(29)12-10-21/h2-3,5-12,15,32H,4,13-14,16-19H2,1H3/b20-5-. The molecule has 0 spiro atoms. The highest BCUT2D eigenvalue weighted by Crippen LogP contribution is 2.41. The van der Waals surface area contributed by atoms with E-state index in [4.69, 9.17) is 21.1 Å². The van der Waals surface area contributed by atoms with E-state index in [-0.39, 0.29) is 0 Å². The fourth-order valence-corrected chi connectivity index (χ4v) is 5.04. The van der Waals surface area contributed by atoms with Crippen LogP contribution >= 0.6 is 11.6 Å². The van der Waals surface area contributed by atoms with E-state index in [0.29, 0.717) is 10.9 Å². The summed E-state index contributed by atoms with van der Waals surface area (Å²) in [6, 6.07) is 17.5. The van der Waals surface area contributed by atoms with E-state index in [1.54, 1.807) is 13.3 Å². The highest BCUT2D eigenvalue weighted by molar-refractivity contribution is 6.30. The monoisotopic (exact) mass is 476 g/mol. The number of pyridine rings is 1. The number of rotatable bonds is 5. The molecule has 0 unspecified atom stereocenters. The minimum atomic E-state index is -0.775. The predicted octanol–water partition coefficient (Wildman–Crippen LogP) is 5.85. The van der Waals surface area contributed by atoms with Crippen LogP contribution in [0.5, 0.6) is 17.4 Å². The summed E-state index contributed by atoms with van der Waals surface area (Å²) in [5, 5.41) is 11.8. The van der Waals surface area contributed by atoms with Crippen molar-refractivity contribution < 1.29 is 14.6 Å². The third-order valence-electron chi connectivity index (χ3n) is 6.90. The highest BCUT2D eigenvalue weighted by Gasteiger charge is 2.33. The van der Waals surface area contributed by atoms with Crippen LogP contribution in [-0.4, -0.2) is 41.7 Å². The van der Waals surface area contributed by atoms with Crippen LogP contribution in [0.3, 0.4) is 0 Å². The number of ether oxygens (including phenoxy) is 2. The van der Waals surface area contributed by atoms with Crippen molar-refractivity contribution in [3.63, 3.8) is 0 Å². The molecule has 0 radical (unpaired) electrons. The molecule has 0 aliphatic carbocycles. The van der Waals surface area contributed by atoms with Crippen LogP contribution in [0.2, 0.25) is 5.02 Å². The third-order valence-corrected chi connectivity index (χ3v) is 7.15. The van der Waals surface area contributed by atoms with Crippen LogP contribution in [0.1, 0.15) is 36.0 Å². The second-order valence-corrected chi connectivity index (χ2v) is 9.41. The molecule has 2 aromatic carbocycles. The van der Waals surface area contributed by atoms with Crippen LogP contribution in [0.25, 0.3) is 5.57 Å². The Morgan fingerprint density at radius 1 is 1.12 bits per heavy atom. The summed E-state index contributed by atoms with van der Waals surface area (Å²) in [6.45, 7) is 2.66. The van der Waals surface area contributed by atoms with E-state index in [1.165, 1.54) is 5.57 Å². The van der Waals surface area contributed by atoms with Gasteiger partial charge in [0, 0.05) is 48.4 Å². The zero-order valence-electron chi connectivity index (χ0n) is 19.3. The van der Waals surface area contributed by atoms with Gasteiger partial charge in [-0.1, -0.05) is 35.9 Å². The summed E-state index contributed by atoms with van der Waals surface area (Å²) >= 11 is 6.01. The molecular weight excluding hydrogens is 448 g/mol. The minimum Gasteiger partial charge on any atom is -0.496 e. The highest BCUT2D eigenvalue weighted by atomic mass is 35.5. The number of fused-ring (bicyclic) bond motifs is 2. The van der Waals surface area contributed by atoms with Crippen molar-refractivity contribution in [2.45, 2.75) is 31.3 Å². The zero-order valence-corrected chi connectivity index (χ0v) is 20.1. The first-order chi connectivity index (χ1) is 16.6. The van der Waals surface area contributed by atoms with Crippen molar-refractivity contribution in [2.24, 2.45) is 0 Å². The summed E-state index contributed by atoms with van der Waals surface area (Å²) in [5.41, 5.74) is 3.44. The molecule has 6 heteroatoms. The average Bonchev–Trinajstić information content (AvgIpc) is 3.02. The summed E-state index contributed by atoms with van der Waals surface area (Å²) in [4.78, 5) is 6.91. The molecule has 0 saturated carbocycles. The lowest BCUT2D eigenvalue weighted by atomic mass is 9.84. The van der Waals surface area contributed by atoms with Crippen LogP contribution < -0.4 is 9.47 Å². The molecule has 5 rings (SSSR count). The van der Waals surface area contributed by atoms with Crippen molar-refractivity contribution in [1.82, 2.24) is 9.88 Å². The van der Waals surface area contributed by atoms with E-state index in [2.05, 4.69) is 22.0 Å². The lowest BCUT2D eigenvalue weighted by Crippen LogP contribution is -2.42. The number of halogens is 1. The minimum absolute atomic E-state index is 0.631. The van der Waals surface area contributed by atoms with E-state index < -0.39 is 5.60 Å². The number of nitrogens with zero attached hydrogens (tertiary/aromatic N) is 2. The molecule has 34 heavy (non-hydrogen) atoms. The molecule has 0 atom stereocenters. The first-order valence-electron chi connectivity index (χ1n) is 11.7. The molecule has 0 bridgehead atoms. The Balaban J connectivity index is 1.28. The average molecular weight is 477 g/mol. The molecule has 3 heterocycles. The van der Waals surface area contributed by atoms with Crippen LogP contribution in [0.4, 0.5) is 0 Å². The van der Waals surface area contributed by atoms with Gasteiger partial charge in [0.2, 0.25) is 5.88 Å². The van der Waals surface area contributed by atoms with E-state index in [9.17, 15) is 5.11 Å². The second kappa shape index (κ2) is 9.79. The topological polar surface area (TPSA) is 54.8 Å². The van der Waals surface area contributed by atoms with Crippen LogP contribution in [-0.2, 0) is 12.0 Å². The Morgan fingerprint density at radius 2 is 1.91 bits per heavy atom. The van der Waals surface area contributed by atoms with E-state index in [0.717, 1.165) is 73.5 Å². The van der Waals surface area contributed by atoms with Gasteiger partial charge in [0.15, 0.2) is 0 Å². The van der Waals surface area contributed by atoms with Crippen molar-refractivity contribution >= 4 is 17.2 Å². The molecule has 1 N–H and O–H groups in total. The number of piperidine rings is 1. The van der Waals surface area contributed by atoms with Gasteiger partial charge < -0.3 is 19.5 Å². The first kappa shape index (κ1) is 22.9. The zero-order chi connectivity index (χ0) is 23.5. The summed E-state index contributed by atoms with van der Waals surface area (Å²) < 4.78 is 11.8. The molecule has 3 aromatic rings. The lowest BCUT2D eigenvalue weighted by Gasteiger charge is -2.38. The number of likely N-dealkylation sites (tertiary alicyclic amines) is 1. The van der Waals surface area contributed by atoms with Gasteiger partial charge >= 0.3 is 0 Å². The van der Waals surface area contributed by atoms with Crippen molar-refractivity contribution in [3.05, 3.63) is 88.6 Å². The van der Waals surface area contributed by atoms with Gasteiger partial charge in [0.05, 0.1) is 12.7 Å². The Bertz CT molecular complexity index is 1180. The van der Waals surface area contributed by atoms with E-state index in [1.807, 2.05) is 48.5 Å². The van der Waals surface area contributed by atoms with Gasteiger partial charge in [-0.25, -0.2) is 4.98 Å². The fraction of sp³-hybridized carbons (Fsp3) is 0.321. The summed E-state index contributed by atoms with van der Waals surface area (Å²) in [5.74, 6) is 2.25. The van der Waals surface area contributed by atoms with Crippen LogP contribution in [0.15, 0.2) is 66.9 Å². The molecule has 5 nitrogen and oxygen atoms in total. The smallest absolute Gasteiger partial charge is 0.226 e. The maximum Gasteiger partial charge on any atom is 0.226 e. The number of allylic oxidation sites excluding steroid dienone is 1. The Labute approximate surface area is 205 Å². The van der Waals surface area contributed by atoms with Gasteiger partial charge in [-0.2, -0.15) is 0 Å². The fourth-order valence-electron chi connectivity index (χ4n) is 4.91. The van der Waals surface area contributed by atoms with Crippen LogP contribution in [0, 0.1) is 0 Å². The van der Waals surface area contributed by atoms with Gasteiger partial charge in [-0.15, -0.1) is 0 Å². The predicted molar refractivity (Wildman–Crippen MR) is 135 cm³/mol. The second-order valence-electron chi connectivity index (χ2n) is 8.97. The molecule has 2 aliphatic rings. The van der Waals surface area contributed by atoms with Gasteiger partial charge in [0.1, 0.15) is 11.5 Å². The van der Waals surface area contributed by atoms with Crippen molar-refractivity contribution in [3.8, 4) is 17.4 Å². The van der Waals surface area contributed by atoms with Gasteiger partial charge in [-0.3, -0.25) is 0 Å². The maximum atomic E-state index is 11.1. The van der Waals surface area contributed by atoms with Gasteiger partial charge in [-0.05, 0) is 66.8 Å². The Hall–Kier alpha value is -2.86. The quantitative estimate of drug-likeness (QED) is 0.500. The number of hydrogen-bond donors (Lipinski definition) is 1. The number of benzene rings is 2. The molecule has 176 valence electrons. The molecule has 1 saturated heterocycles. The number of aromatic nitrogens is 1. The van der Waals surface area contributed by atoms with Crippen molar-refractivity contribution in [1.29, 1.82) is 0 Å². The van der Waals surface area contributed by atoms with Gasteiger partial charge in [0.25, 0.3) is 0 Å².